The van der Waals surface area contributed by atoms with E-state index in [9.17, 15) is 4.79 Å². The number of hydrogen-bond acceptors (Lipinski definition) is 2. The third kappa shape index (κ3) is 2.56. The fourth-order valence-corrected chi connectivity index (χ4v) is 4.37. The normalized spacial score (nSPS) is 35.6. The Labute approximate surface area is 111 Å². The first-order valence-electron chi connectivity index (χ1n) is 7.32. The van der Waals surface area contributed by atoms with Crippen LogP contribution in [0.3, 0.4) is 0 Å². The lowest BCUT2D eigenvalue weighted by molar-refractivity contribution is -0.133. The molecule has 2 aliphatic rings. The standard InChI is InChI=1S/C15H28N2O/c1-5-6-12(16)13(18)17-10-15(4)8-11(17)7-14(2,3)9-15/h11-12H,5-10,16H2,1-4H3. The van der Waals surface area contributed by atoms with Crippen molar-refractivity contribution >= 4 is 5.91 Å². The van der Waals surface area contributed by atoms with Crippen molar-refractivity contribution in [1.29, 1.82) is 0 Å². The molecule has 1 heterocycles. The molecule has 1 aliphatic carbocycles. The molecule has 2 fully saturated rings. The van der Waals surface area contributed by atoms with Crippen molar-refractivity contribution in [2.75, 3.05) is 6.54 Å². The molecular weight excluding hydrogens is 224 g/mol. The van der Waals surface area contributed by atoms with Crippen LogP contribution in [0.15, 0.2) is 0 Å². The Hall–Kier alpha value is -0.570. The first kappa shape index (κ1) is 13.9. The molecule has 0 radical (unpaired) electrons. The second-order valence-electron chi connectivity index (χ2n) is 7.58. The van der Waals surface area contributed by atoms with E-state index in [-0.39, 0.29) is 11.9 Å². The highest BCUT2D eigenvalue weighted by Gasteiger charge is 2.51. The van der Waals surface area contributed by atoms with Crippen molar-refractivity contribution in [2.45, 2.75) is 71.9 Å². The summed E-state index contributed by atoms with van der Waals surface area (Å²) < 4.78 is 0. The summed E-state index contributed by atoms with van der Waals surface area (Å²) in [6.45, 7) is 9.99. The van der Waals surface area contributed by atoms with Gasteiger partial charge < -0.3 is 10.6 Å². The van der Waals surface area contributed by atoms with Crippen molar-refractivity contribution in [1.82, 2.24) is 4.90 Å². The van der Waals surface area contributed by atoms with Gasteiger partial charge in [-0.05, 0) is 36.5 Å². The first-order chi connectivity index (χ1) is 8.26. The van der Waals surface area contributed by atoms with Crippen molar-refractivity contribution in [3.05, 3.63) is 0 Å². The summed E-state index contributed by atoms with van der Waals surface area (Å²) in [7, 11) is 0. The minimum Gasteiger partial charge on any atom is -0.338 e. The number of amides is 1. The van der Waals surface area contributed by atoms with Crippen LogP contribution in [0, 0.1) is 10.8 Å². The molecule has 1 amide bonds. The topological polar surface area (TPSA) is 46.3 Å². The van der Waals surface area contributed by atoms with Gasteiger partial charge in [-0.15, -0.1) is 0 Å². The number of hydrogen-bond donors (Lipinski definition) is 1. The summed E-state index contributed by atoms with van der Waals surface area (Å²) in [5, 5.41) is 0. The number of carbonyl (C=O) groups is 1. The lowest BCUT2D eigenvalue weighted by Gasteiger charge is -2.39. The molecule has 104 valence electrons. The minimum absolute atomic E-state index is 0.184. The number of carbonyl (C=O) groups excluding carboxylic acids is 1. The molecule has 3 heteroatoms. The van der Waals surface area contributed by atoms with E-state index in [0.29, 0.717) is 16.9 Å². The van der Waals surface area contributed by atoms with Crippen LogP contribution in [0.5, 0.6) is 0 Å². The van der Waals surface area contributed by atoms with Gasteiger partial charge in [0.2, 0.25) is 5.91 Å². The molecule has 0 aromatic rings. The maximum Gasteiger partial charge on any atom is 0.239 e. The molecule has 1 aliphatic heterocycles. The Bertz CT molecular complexity index is 339. The minimum atomic E-state index is -0.291. The zero-order valence-corrected chi connectivity index (χ0v) is 12.3. The summed E-state index contributed by atoms with van der Waals surface area (Å²) >= 11 is 0. The number of rotatable bonds is 3. The van der Waals surface area contributed by atoms with Gasteiger partial charge in [0, 0.05) is 12.6 Å². The molecule has 0 spiro atoms. The monoisotopic (exact) mass is 252 g/mol. The second-order valence-corrected chi connectivity index (χ2v) is 7.58. The fraction of sp³-hybridized carbons (Fsp3) is 0.933. The van der Waals surface area contributed by atoms with Gasteiger partial charge in [0.1, 0.15) is 0 Å². The Morgan fingerprint density at radius 1 is 1.39 bits per heavy atom. The highest BCUT2D eigenvalue weighted by Crippen LogP contribution is 2.52. The second kappa shape index (κ2) is 4.52. The quantitative estimate of drug-likeness (QED) is 0.839. The van der Waals surface area contributed by atoms with Crippen LogP contribution in [-0.4, -0.2) is 29.4 Å². The van der Waals surface area contributed by atoms with Crippen LogP contribution >= 0.6 is 0 Å². The summed E-state index contributed by atoms with van der Waals surface area (Å²) in [5.41, 5.74) is 6.69. The molecule has 1 saturated carbocycles. The molecule has 18 heavy (non-hydrogen) atoms. The SMILES string of the molecule is CCCC(N)C(=O)N1CC2(C)CC1CC(C)(C)C2. The largest absolute Gasteiger partial charge is 0.338 e. The molecule has 3 unspecified atom stereocenters. The van der Waals surface area contributed by atoms with E-state index in [0.717, 1.165) is 25.8 Å². The predicted molar refractivity (Wildman–Crippen MR) is 74.1 cm³/mol. The van der Waals surface area contributed by atoms with E-state index in [2.05, 4.69) is 32.6 Å². The van der Waals surface area contributed by atoms with Crippen molar-refractivity contribution in [3.8, 4) is 0 Å². The van der Waals surface area contributed by atoms with Crippen LogP contribution in [0.1, 0.15) is 59.8 Å². The summed E-state index contributed by atoms with van der Waals surface area (Å²) in [5.74, 6) is 0.184. The van der Waals surface area contributed by atoms with Crippen LogP contribution in [0.4, 0.5) is 0 Å². The molecule has 2 rings (SSSR count). The molecular formula is C15H28N2O. The Balaban J connectivity index is 2.11. The van der Waals surface area contributed by atoms with E-state index in [1.54, 1.807) is 0 Å². The summed E-state index contributed by atoms with van der Waals surface area (Å²) in [6.07, 6.45) is 5.31. The van der Waals surface area contributed by atoms with Gasteiger partial charge in [-0.25, -0.2) is 0 Å². The van der Waals surface area contributed by atoms with Gasteiger partial charge in [-0.1, -0.05) is 34.1 Å². The molecule has 3 atom stereocenters. The van der Waals surface area contributed by atoms with Crippen molar-refractivity contribution in [3.63, 3.8) is 0 Å². The number of nitrogens with zero attached hydrogens (tertiary/aromatic N) is 1. The van der Waals surface area contributed by atoms with Crippen molar-refractivity contribution < 1.29 is 4.79 Å². The van der Waals surface area contributed by atoms with E-state index in [4.69, 9.17) is 5.73 Å². The van der Waals surface area contributed by atoms with Crippen LogP contribution in [-0.2, 0) is 4.79 Å². The average Bonchev–Trinajstić information content (AvgIpc) is 2.47. The van der Waals surface area contributed by atoms with E-state index in [1.807, 2.05) is 0 Å². The van der Waals surface area contributed by atoms with Crippen LogP contribution < -0.4 is 5.73 Å². The fourth-order valence-electron chi connectivity index (χ4n) is 4.37. The Morgan fingerprint density at radius 2 is 2.06 bits per heavy atom. The number of likely N-dealkylation sites (tertiary alicyclic amines) is 1. The van der Waals surface area contributed by atoms with E-state index < -0.39 is 0 Å². The van der Waals surface area contributed by atoms with Gasteiger partial charge in [0.05, 0.1) is 6.04 Å². The summed E-state index contributed by atoms with van der Waals surface area (Å²) in [4.78, 5) is 14.5. The highest BCUT2D eigenvalue weighted by atomic mass is 16.2. The highest BCUT2D eigenvalue weighted by molar-refractivity contribution is 5.82. The molecule has 2 N–H and O–H groups in total. The average molecular weight is 252 g/mol. The first-order valence-corrected chi connectivity index (χ1v) is 7.32. The smallest absolute Gasteiger partial charge is 0.239 e. The zero-order chi connectivity index (χ0) is 13.6. The lowest BCUT2D eigenvalue weighted by Crippen LogP contribution is -2.46. The molecule has 2 bridgehead atoms. The molecule has 0 aromatic heterocycles. The predicted octanol–water partition coefficient (Wildman–Crippen LogP) is 2.54. The van der Waals surface area contributed by atoms with E-state index >= 15 is 0 Å². The number of nitrogens with two attached hydrogens (primary N) is 1. The summed E-state index contributed by atoms with van der Waals surface area (Å²) in [6, 6.07) is 0.134. The molecule has 3 nitrogen and oxygen atoms in total. The van der Waals surface area contributed by atoms with Crippen LogP contribution in [0.25, 0.3) is 0 Å². The van der Waals surface area contributed by atoms with Gasteiger partial charge in [0.15, 0.2) is 0 Å². The maximum absolute atomic E-state index is 12.4. The third-order valence-electron chi connectivity index (χ3n) is 4.61. The van der Waals surface area contributed by atoms with Gasteiger partial charge in [-0.3, -0.25) is 4.79 Å². The Kier molecular flexibility index (Phi) is 3.48. The van der Waals surface area contributed by atoms with Gasteiger partial charge in [0.25, 0.3) is 0 Å². The van der Waals surface area contributed by atoms with Gasteiger partial charge in [-0.2, -0.15) is 0 Å². The Morgan fingerprint density at radius 3 is 2.67 bits per heavy atom. The zero-order valence-electron chi connectivity index (χ0n) is 12.3. The molecule has 1 saturated heterocycles. The third-order valence-corrected chi connectivity index (χ3v) is 4.61. The van der Waals surface area contributed by atoms with E-state index in [1.165, 1.54) is 12.8 Å². The van der Waals surface area contributed by atoms with Crippen LogP contribution in [0.2, 0.25) is 0 Å². The number of fused-ring (bicyclic) bond motifs is 2. The molecule has 0 aromatic carbocycles. The van der Waals surface area contributed by atoms with Gasteiger partial charge >= 0.3 is 0 Å². The lowest BCUT2D eigenvalue weighted by atomic mass is 9.65. The maximum atomic E-state index is 12.4. The van der Waals surface area contributed by atoms with Crippen molar-refractivity contribution in [2.24, 2.45) is 16.6 Å².